The predicted octanol–water partition coefficient (Wildman–Crippen LogP) is 1.11. The Kier molecular flexibility index (Phi) is 5.27. The number of esters is 1. The summed E-state index contributed by atoms with van der Waals surface area (Å²) >= 11 is 5.71. The first kappa shape index (κ1) is 14.6. The second-order valence-corrected chi connectivity index (χ2v) is 4.12. The maximum atomic E-state index is 11.0. The van der Waals surface area contributed by atoms with Gasteiger partial charge >= 0.3 is 5.97 Å². The Hall–Kier alpha value is -1.43. The summed E-state index contributed by atoms with van der Waals surface area (Å²) in [5.41, 5.74) is 0.379. The molecule has 0 aliphatic carbocycles. The molecule has 0 radical (unpaired) electrons. The maximum absolute atomic E-state index is 11.0. The van der Waals surface area contributed by atoms with Crippen molar-refractivity contribution in [2.75, 3.05) is 7.11 Å². The van der Waals surface area contributed by atoms with Gasteiger partial charge in [0, 0.05) is 10.6 Å². The van der Waals surface area contributed by atoms with Gasteiger partial charge in [0.15, 0.2) is 0 Å². The number of halogens is 1. The summed E-state index contributed by atoms with van der Waals surface area (Å²) in [4.78, 5) is 21.8. The standard InChI is InChI=1S/C12H13ClO5/c1-18-11(16)5-10(15)12(17)9-3-2-8(13)4-7(9)6-14/h2-4,6,10,12,15,17H,5H2,1H3. The molecule has 18 heavy (non-hydrogen) atoms. The molecule has 1 rings (SSSR count). The molecule has 98 valence electrons. The number of carbonyl (C=O) groups is 2. The van der Waals surface area contributed by atoms with Crippen LogP contribution in [0.3, 0.4) is 0 Å². The zero-order valence-corrected chi connectivity index (χ0v) is 10.4. The summed E-state index contributed by atoms with van der Waals surface area (Å²) in [6.07, 6.45) is -2.55. The van der Waals surface area contributed by atoms with Crippen LogP contribution in [0.4, 0.5) is 0 Å². The summed E-state index contributed by atoms with van der Waals surface area (Å²) in [7, 11) is 1.18. The van der Waals surface area contributed by atoms with Crippen LogP contribution in [0.25, 0.3) is 0 Å². The van der Waals surface area contributed by atoms with Gasteiger partial charge in [-0.25, -0.2) is 0 Å². The van der Waals surface area contributed by atoms with E-state index in [4.69, 9.17) is 11.6 Å². The largest absolute Gasteiger partial charge is 0.469 e. The fraction of sp³-hybridized carbons (Fsp3) is 0.333. The van der Waals surface area contributed by atoms with E-state index in [9.17, 15) is 19.8 Å². The van der Waals surface area contributed by atoms with Crippen molar-refractivity contribution in [2.45, 2.75) is 18.6 Å². The molecule has 0 aliphatic heterocycles. The lowest BCUT2D eigenvalue weighted by Gasteiger charge is -2.18. The quantitative estimate of drug-likeness (QED) is 0.620. The number of ether oxygens (including phenoxy) is 1. The summed E-state index contributed by atoms with van der Waals surface area (Å²) < 4.78 is 4.38. The highest BCUT2D eigenvalue weighted by Crippen LogP contribution is 2.24. The van der Waals surface area contributed by atoms with Gasteiger partial charge in [-0.15, -0.1) is 0 Å². The SMILES string of the molecule is COC(=O)CC(O)C(O)c1ccc(Cl)cc1C=O. The molecule has 1 aromatic carbocycles. The summed E-state index contributed by atoms with van der Waals surface area (Å²) in [6.45, 7) is 0. The highest BCUT2D eigenvalue weighted by molar-refractivity contribution is 6.30. The van der Waals surface area contributed by atoms with Crippen molar-refractivity contribution >= 4 is 23.9 Å². The third-order valence-electron chi connectivity index (χ3n) is 2.46. The molecule has 0 amide bonds. The third-order valence-corrected chi connectivity index (χ3v) is 2.70. The van der Waals surface area contributed by atoms with Crippen molar-refractivity contribution in [3.05, 3.63) is 34.3 Å². The molecule has 0 saturated carbocycles. The van der Waals surface area contributed by atoms with Crippen LogP contribution in [0.15, 0.2) is 18.2 Å². The number of hydrogen-bond donors (Lipinski definition) is 2. The molecule has 0 fully saturated rings. The van der Waals surface area contributed by atoms with Crippen molar-refractivity contribution in [3.63, 3.8) is 0 Å². The number of methoxy groups -OCH3 is 1. The van der Waals surface area contributed by atoms with Gasteiger partial charge < -0.3 is 14.9 Å². The fourth-order valence-electron chi connectivity index (χ4n) is 1.49. The van der Waals surface area contributed by atoms with E-state index in [0.717, 1.165) is 0 Å². The van der Waals surface area contributed by atoms with E-state index in [1.165, 1.54) is 25.3 Å². The number of aldehydes is 1. The van der Waals surface area contributed by atoms with Crippen LogP contribution >= 0.6 is 11.6 Å². The number of carbonyl (C=O) groups excluding carboxylic acids is 2. The molecule has 2 atom stereocenters. The Labute approximate surface area is 109 Å². The Balaban J connectivity index is 2.92. The predicted molar refractivity (Wildman–Crippen MR) is 64.4 cm³/mol. The van der Waals surface area contributed by atoms with Crippen molar-refractivity contribution in [1.29, 1.82) is 0 Å². The van der Waals surface area contributed by atoms with Gasteiger partial charge in [-0.2, -0.15) is 0 Å². The Morgan fingerprint density at radius 1 is 1.50 bits per heavy atom. The van der Waals surface area contributed by atoms with Crippen LogP contribution in [0, 0.1) is 0 Å². The zero-order valence-electron chi connectivity index (χ0n) is 9.67. The van der Waals surface area contributed by atoms with Crippen LogP contribution in [-0.4, -0.2) is 35.7 Å². The fourth-order valence-corrected chi connectivity index (χ4v) is 1.67. The number of hydrogen-bond acceptors (Lipinski definition) is 5. The van der Waals surface area contributed by atoms with Crippen molar-refractivity contribution in [2.24, 2.45) is 0 Å². The smallest absolute Gasteiger partial charge is 0.308 e. The molecular formula is C12H13ClO5. The van der Waals surface area contributed by atoms with E-state index in [0.29, 0.717) is 11.3 Å². The van der Waals surface area contributed by atoms with E-state index in [1.807, 2.05) is 0 Å². The molecule has 5 nitrogen and oxygen atoms in total. The topological polar surface area (TPSA) is 83.8 Å². The van der Waals surface area contributed by atoms with Gasteiger partial charge in [-0.05, 0) is 17.7 Å². The van der Waals surface area contributed by atoms with E-state index < -0.39 is 18.2 Å². The minimum absolute atomic E-state index is 0.166. The van der Waals surface area contributed by atoms with Gasteiger partial charge in [0.25, 0.3) is 0 Å². The Morgan fingerprint density at radius 3 is 2.72 bits per heavy atom. The molecule has 6 heteroatoms. The molecular weight excluding hydrogens is 260 g/mol. The van der Waals surface area contributed by atoms with Gasteiger partial charge in [0.05, 0.1) is 19.6 Å². The van der Waals surface area contributed by atoms with E-state index in [1.54, 1.807) is 0 Å². The molecule has 0 aromatic heterocycles. The summed E-state index contributed by atoms with van der Waals surface area (Å²) in [5.74, 6) is -0.650. The number of aliphatic hydroxyl groups excluding tert-OH is 2. The Morgan fingerprint density at radius 2 is 2.17 bits per heavy atom. The number of rotatable bonds is 5. The molecule has 1 aromatic rings. The lowest BCUT2D eigenvalue weighted by atomic mass is 9.98. The first-order valence-corrected chi connectivity index (χ1v) is 5.55. The van der Waals surface area contributed by atoms with Gasteiger partial charge in [-0.3, -0.25) is 9.59 Å². The minimum Gasteiger partial charge on any atom is -0.469 e. The molecule has 0 aliphatic rings. The lowest BCUT2D eigenvalue weighted by Crippen LogP contribution is -2.23. The van der Waals surface area contributed by atoms with Gasteiger partial charge in [0.1, 0.15) is 12.4 Å². The molecule has 2 N–H and O–H groups in total. The lowest BCUT2D eigenvalue weighted by molar-refractivity contribution is -0.144. The highest BCUT2D eigenvalue weighted by atomic mass is 35.5. The van der Waals surface area contributed by atoms with E-state index >= 15 is 0 Å². The van der Waals surface area contributed by atoms with Crippen molar-refractivity contribution in [1.82, 2.24) is 0 Å². The molecule has 0 heterocycles. The first-order chi connectivity index (χ1) is 8.49. The van der Waals surface area contributed by atoms with Gasteiger partial charge in [-0.1, -0.05) is 17.7 Å². The average Bonchev–Trinajstić information content (AvgIpc) is 2.37. The zero-order chi connectivity index (χ0) is 13.7. The molecule has 0 bridgehead atoms. The summed E-state index contributed by atoms with van der Waals surface area (Å²) in [5, 5.41) is 19.9. The Bertz CT molecular complexity index is 446. The average molecular weight is 273 g/mol. The highest BCUT2D eigenvalue weighted by Gasteiger charge is 2.23. The summed E-state index contributed by atoms with van der Waals surface area (Å²) in [6, 6.07) is 4.28. The maximum Gasteiger partial charge on any atom is 0.308 e. The van der Waals surface area contributed by atoms with Crippen LogP contribution in [0.2, 0.25) is 5.02 Å². The molecule has 0 spiro atoms. The normalized spacial score (nSPS) is 13.8. The first-order valence-electron chi connectivity index (χ1n) is 5.17. The van der Waals surface area contributed by atoms with Crippen molar-refractivity contribution < 1.29 is 24.5 Å². The second-order valence-electron chi connectivity index (χ2n) is 3.68. The van der Waals surface area contributed by atoms with Gasteiger partial charge in [0.2, 0.25) is 0 Å². The number of aliphatic hydroxyl groups is 2. The minimum atomic E-state index is -1.36. The molecule has 2 unspecified atom stereocenters. The van der Waals surface area contributed by atoms with E-state index in [2.05, 4.69) is 4.74 Å². The molecule has 0 saturated heterocycles. The van der Waals surface area contributed by atoms with E-state index in [-0.39, 0.29) is 17.5 Å². The third kappa shape index (κ3) is 3.53. The van der Waals surface area contributed by atoms with Crippen LogP contribution in [0.5, 0.6) is 0 Å². The van der Waals surface area contributed by atoms with Crippen molar-refractivity contribution in [3.8, 4) is 0 Å². The van der Waals surface area contributed by atoms with Crippen LogP contribution in [0.1, 0.15) is 28.4 Å². The monoisotopic (exact) mass is 272 g/mol. The van der Waals surface area contributed by atoms with Crippen LogP contribution < -0.4 is 0 Å². The second kappa shape index (κ2) is 6.49. The van der Waals surface area contributed by atoms with Crippen LogP contribution in [-0.2, 0) is 9.53 Å². The number of benzene rings is 1.